The van der Waals surface area contributed by atoms with Crippen molar-refractivity contribution in [2.45, 2.75) is 65.3 Å². The predicted molar refractivity (Wildman–Crippen MR) is 155 cm³/mol. The van der Waals surface area contributed by atoms with E-state index in [4.69, 9.17) is 14.7 Å². The molecule has 7 atom stereocenters. The number of allylic oxidation sites excluding steroid dienone is 1. The number of hydrogen-bond donors (Lipinski definition) is 1. The lowest BCUT2D eigenvalue weighted by atomic mass is 9.79. The molecule has 216 valence electrons. The molecule has 1 saturated carbocycles. The van der Waals surface area contributed by atoms with E-state index in [1.807, 2.05) is 38.1 Å². The molecular formula is C30H41N5O4S. The molecule has 2 aromatic rings. The third-order valence-electron chi connectivity index (χ3n) is 10.2. The molecule has 1 aromatic carbocycles. The second-order valence-corrected chi connectivity index (χ2v) is 14.7. The Bertz CT molecular complexity index is 1450. The Hall–Kier alpha value is -2.56. The van der Waals surface area contributed by atoms with Crippen molar-refractivity contribution in [2.24, 2.45) is 29.6 Å². The van der Waals surface area contributed by atoms with Crippen molar-refractivity contribution >= 4 is 32.7 Å². The monoisotopic (exact) mass is 567 g/mol. The highest BCUT2D eigenvalue weighted by Gasteiger charge is 2.48. The van der Waals surface area contributed by atoms with Crippen molar-refractivity contribution in [3.63, 3.8) is 0 Å². The maximum Gasteiger partial charge on any atom is 0.334 e. The van der Waals surface area contributed by atoms with Gasteiger partial charge >= 0.3 is 5.97 Å². The summed E-state index contributed by atoms with van der Waals surface area (Å²) < 4.78 is 36.3. The van der Waals surface area contributed by atoms with E-state index in [1.54, 1.807) is 4.31 Å². The molecule has 10 heteroatoms. The zero-order chi connectivity index (χ0) is 28.3. The first kappa shape index (κ1) is 27.6. The fraction of sp³-hybridized carbons (Fsp3) is 0.633. The Morgan fingerprint density at radius 1 is 0.975 bits per heavy atom. The summed E-state index contributed by atoms with van der Waals surface area (Å²) in [5.74, 6) is 1.70. The number of benzene rings is 1. The molecule has 1 aromatic heterocycles. The highest BCUT2D eigenvalue weighted by atomic mass is 32.2. The van der Waals surface area contributed by atoms with E-state index in [1.165, 1.54) is 0 Å². The Morgan fingerprint density at radius 3 is 2.42 bits per heavy atom. The molecule has 1 saturated heterocycles. The molecule has 7 heterocycles. The second kappa shape index (κ2) is 10.4. The molecule has 9 rings (SSSR count). The Labute approximate surface area is 237 Å². The van der Waals surface area contributed by atoms with Gasteiger partial charge < -0.3 is 10.1 Å². The standard InChI is InChI=1S/C30H41N5O4S/c1-17-14-23-21(5)25(15-18(17)2)40(37,38)35-12-10-34(11-13-35)16-26-31-24-9-7-6-8-22(24)29(32-26)33-27-19(3)20(4)28(23)39-30(27)36/h6-9,17-19,21,23,25,27H,10-16H2,1-5H3,(H,31,32,33)/t17?,18-,19?,21?,23?,25?,27+/m1/s1. The van der Waals surface area contributed by atoms with Crippen LogP contribution >= 0.6 is 0 Å². The van der Waals surface area contributed by atoms with Gasteiger partial charge in [0.15, 0.2) is 0 Å². The number of carbonyl (C=O) groups is 1. The molecule has 9 nitrogen and oxygen atoms in total. The third kappa shape index (κ3) is 4.71. The van der Waals surface area contributed by atoms with Crippen LogP contribution in [0, 0.1) is 29.6 Å². The Kier molecular flexibility index (Phi) is 7.15. The number of aromatic nitrogens is 2. The fourth-order valence-electron chi connectivity index (χ4n) is 7.13. The summed E-state index contributed by atoms with van der Waals surface area (Å²) in [4.78, 5) is 25.6. The number of fused-ring (bicyclic) bond motifs is 1. The van der Waals surface area contributed by atoms with Crippen LogP contribution in [-0.2, 0) is 26.1 Å². The number of rotatable bonds is 0. The SMILES string of the molecule is CC1=C2OC(=O)[C@@H](Nc3nc(nc4ccccc34)CN3CCN(CC3)S(=O)(=O)C3C[C@@H](C)C(C)CC2C3C)C1C. The van der Waals surface area contributed by atoms with E-state index in [-0.39, 0.29) is 29.6 Å². The van der Waals surface area contributed by atoms with Gasteiger partial charge in [-0.05, 0) is 55.2 Å². The summed E-state index contributed by atoms with van der Waals surface area (Å²) in [6, 6.07) is 7.21. The topological polar surface area (TPSA) is 105 Å². The molecule has 1 N–H and O–H groups in total. The number of hydrogen-bond acceptors (Lipinski definition) is 8. The molecule has 0 amide bonds. The van der Waals surface area contributed by atoms with Crippen molar-refractivity contribution in [3.05, 3.63) is 41.4 Å². The normalized spacial score (nSPS) is 37.9. The minimum Gasteiger partial charge on any atom is -0.429 e. The van der Waals surface area contributed by atoms with E-state index in [2.05, 4.69) is 31.0 Å². The van der Waals surface area contributed by atoms with Crippen LogP contribution < -0.4 is 5.32 Å². The smallest absolute Gasteiger partial charge is 0.334 e. The third-order valence-corrected chi connectivity index (χ3v) is 12.6. The molecule has 0 spiro atoms. The second-order valence-electron chi connectivity index (χ2n) is 12.5. The molecule has 8 bridgehead atoms. The van der Waals surface area contributed by atoms with Crippen LogP contribution in [0.4, 0.5) is 5.82 Å². The summed E-state index contributed by atoms with van der Waals surface area (Å²) in [5.41, 5.74) is 1.81. The van der Waals surface area contributed by atoms with Gasteiger partial charge in [-0.25, -0.2) is 23.2 Å². The van der Waals surface area contributed by atoms with Crippen LogP contribution in [-0.4, -0.2) is 71.0 Å². The molecule has 0 radical (unpaired) electrons. The van der Waals surface area contributed by atoms with Crippen molar-refractivity contribution in [1.29, 1.82) is 0 Å². The van der Waals surface area contributed by atoms with Crippen LogP contribution in [0.15, 0.2) is 35.6 Å². The molecule has 2 fully saturated rings. The van der Waals surface area contributed by atoms with Crippen LogP contribution in [0.1, 0.15) is 53.3 Å². The summed E-state index contributed by atoms with van der Waals surface area (Å²) in [7, 11) is -3.56. The highest BCUT2D eigenvalue weighted by Crippen LogP contribution is 2.46. The van der Waals surface area contributed by atoms with Crippen molar-refractivity contribution < 1.29 is 17.9 Å². The molecule has 5 unspecified atom stereocenters. The average Bonchev–Trinajstić information content (AvgIpc) is 3.04. The number of sulfonamides is 1. The van der Waals surface area contributed by atoms with Gasteiger partial charge in [0.25, 0.3) is 0 Å². The first-order valence-corrected chi connectivity index (χ1v) is 16.2. The summed E-state index contributed by atoms with van der Waals surface area (Å²) in [6.45, 7) is 13.2. The minimum absolute atomic E-state index is 0.143. The number of ether oxygens (including phenoxy) is 1. The number of para-hydroxylation sites is 1. The first-order valence-electron chi connectivity index (χ1n) is 14.7. The van der Waals surface area contributed by atoms with Gasteiger partial charge in [-0.2, -0.15) is 4.31 Å². The van der Waals surface area contributed by atoms with E-state index < -0.39 is 21.3 Å². The minimum atomic E-state index is -3.56. The zero-order valence-corrected chi connectivity index (χ0v) is 24.9. The van der Waals surface area contributed by atoms with Gasteiger partial charge in [-0.15, -0.1) is 0 Å². The number of carbonyl (C=O) groups excluding carboxylic acids is 1. The highest BCUT2D eigenvalue weighted by molar-refractivity contribution is 7.89. The summed E-state index contributed by atoms with van der Waals surface area (Å²) in [6.07, 6.45) is 1.42. The number of nitrogens with zero attached hydrogens (tertiary/aromatic N) is 4. The van der Waals surface area contributed by atoms with Crippen LogP contribution in [0.2, 0.25) is 0 Å². The van der Waals surface area contributed by atoms with Crippen molar-refractivity contribution in [2.75, 3.05) is 31.5 Å². The van der Waals surface area contributed by atoms with E-state index in [0.29, 0.717) is 62.5 Å². The van der Waals surface area contributed by atoms with Crippen molar-refractivity contribution in [1.82, 2.24) is 19.2 Å². The number of anilines is 1. The van der Waals surface area contributed by atoms with Crippen molar-refractivity contribution in [3.8, 4) is 0 Å². The maximum atomic E-state index is 14.2. The van der Waals surface area contributed by atoms with Gasteiger partial charge in [0.05, 0.1) is 17.3 Å². The first-order chi connectivity index (χ1) is 19.0. The predicted octanol–water partition coefficient (Wildman–Crippen LogP) is 4.03. The molecule has 6 aliphatic heterocycles. The van der Waals surface area contributed by atoms with Gasteiger partial charge in [0.2, 0.25) is 10.0 Å². The van der Waals surface area contributed by atoms with Gasteiger partial charge in [0, 0.05) is 43.4 Å². The Balaban J connectivity index is 1.49. The number of esters is 1. The van der Waals surface area contributed by atoms with E-state index in [9.17, 15) is 13.2 Å². The van der Waals surface area contributed by atoms with Gasteiger partial charge in [-0.3, -0.25) is 4.90 Å². The zero-order valence-electron chi connectivity index (χ0n) is 24.1. The molecule has 1 aliphatic carbocycles. The summed E-state index contributed by atoms with van der Waals surface area (Å²) >= 11 is 0. The van der Waals surface area contributed by atoms with Crippen LogP contribution in [0.5, 0.6) is 0 Å². The number of nitrogens with one attached hydrogen (secondary N) is 1. The molecule has 7 aliphatic rings. The van der Waals surface area contributed by atoms with E-state index in [0.717, 1.165) is 22.9 Å². The lowest BCUT2D eigenvalue weighted by molar-refractivity contribution is -0.144. The molecular weight excluding hydrogens is 526 g/mol. The lowest BCUT2D eigenvalue weighted by Crippen LogP contribution is -2.52. The summed E-state index contributed by atoms with van der Waals surface area (Å²) in [5, 5.41) is 3.78. The van der Waals surface area contributed by atoms with Gasteiger partial charge in [-0.1, -0.05) is 39.8 Å². The Morgan fingerprint density at radius 2 is 1.68 bits per heavy atom. The number of piperazine rings is 1. The average molecular weight is 568 g/mol. The largest absolute Gasteiger partial charge is 0.429 e. The van der Waals surface area contributed by atoms with Crippen LogP contribution in [0.25, 0.3) is 10.9 Å². The maximum absolute atomic E-state index is 14.2. The lowest BCUT2D eigenvalue weighted by Gasteiger charge is -2.39. The van der Waals surface area contributed by atoms with E-state index >= 15 is 0 Å². The fourth-order valence-corrected chi connectivity index (χ4v) is 9.46. The molecule has 40 heavy (non-hydrogen) atoms. The quantitative estimate of drug-likeness (QED) is 0.476. The van der Waals surface area contributed by atoms with Crippen LogP contribution in [0.3, 0.4) is 0 Å². The van der Waals surface area contributed by atoms with Gasteiger partial charge in [0.1, 0.15) is 23.4 Å².